The minimum Gasteiger partial charge on any atom is -0.493 e. The number of aromatic amines is 1. The van der Waals surface area contributed by atoms with Gasteiger partial charge in [0, 0.05) is 37.0 Å². The van der Waals surface area contributed by atoms with E-state index in [-0.39, 0.29) is 12.4 Å². The Hall–Kier alpha value is -3.59. The van der Waals surface area contributed by atoms with E-state index in [0.717, 1.165) is 13.0 Å². The fraction of sp³-hybridized carbons (Fsp3) is 0.333. The van der Waals surface area contributed by atoms with Crippen molar-refractivity contribution in [2.24, 2.45) is 0 Å². The largest absolute Gasteiger partial charge is 0.493 e. The first-order chi connectivity index (χ1) is 16.0. The maximum atomic E-state index is 14.1. The van der Waals surface area contributed by atoms with Gasteiger partial charge in [0.25, 0.3) is 0 Å². The lowest BCUT2D eigenvalue weighted by atomic mass is 10.1. The Morgan fingerprint density at radius 2 is 1.91 bits per heavy atom. The van der Waals surface area contributed by atoms with Crippen LogP contribution in [-0.4, -0.2) is 69.4 Å². The summed E-state index contributed by atoms with van der Waals surface area (Å²) in [6.45, 7) is 1.59. The lowest BCUT2D eigenvalue weighted by Crippen LogP contribution is -2.15. The number of nitrogens with zero attached hydrogens (tertiary/aromatic N) is 2. The molecule has 2 aromatic carbocycles. The molecule has 0 aliphatic rings. The van der Waals surface area contributed by atoms with Crippen molar-refractivity contribution in [1.29, 1.82) is 0 Å². The van der Waals surface area contributed by atoms with Gasteiger partial charge < -0.3 is 24.4 Å². The number of carbonyl (C=O) groups is 1. The summed E-state index contributed by atoms with van der Waals surface area (Å²) in [6, 6.07) is 10.4. The van der Waals surface area contributed by atoms with E-state index in [4.69, 9.17) is 14.2 Å². The molecule has 0 saturated heterocycles. The summed E-state index contributed by atoms with van der Waals surface area (Å²) >= 11 is 0. The van der Waals surface area contributed by atoms with E-state index in [1.807, 2.05) is 26.2 Å². The molecule has 0 aliphatic carbocycles. The molecule has 9 heteroatoms. The average Bonchev–Trinajstić information content (AvgIpc) is 3.36. The van der Waals surface area contributed by atoms with Crippen molar-refractivity contribution in [1.82, 2.24) is 15.1 Å². The quantitative estimate of drug-likeness (QED) is 0.333. The van der Waals surface area contributed by atoms with Crippen LogP contribution in [-0.2, 0) is 4.79 Å². The monoisotopic (exact) mass is 458 g/mol. The van der Waals surface area contributed by atoms with Crippen LogP contribution in [0.5, 0.6) is 17.2 Å². The maximum Gasteiger partial charge on any atom is 0.161 e. The molecule has 33 heavy (non-hydrogen) atoms. The second-order valence-electron chi connectivity index (χ2n) is 7.20. The fourth-order valence-corrected chi connectivity index (χ4v) is 2.91. The van der Waals surface area contributed by atoms with Gasteiger partial charge in [0.2, 0.25) is 0 Å². The van der Waals surface area contributed by atoms with E-state index in [1.165, 1.54) is 6.07 Å². The molecule has 0 saturated carbocycles. The molecule has 3 rings (SSSR count). The van der Waals surface area contributed by atoms with E-state index in [9.17, 15) is 9.18 Å². The number of aromatic nitrogens is 2. The molecule has 1 aromatic heterocycles. The van der Waals surface area contributed by atoms with Gasteiger partial charge in [-0.05, 0) is 38.7 Å². The third-order valence-corrected chi connectivity index (χ3v) is 4.53. The van der Waals surface area contributed by atoms with Crippen LogP contribution in [0.1, 0.15) is 6.42 Å². The zero-order valence-corrected chi connectivity index (χ0v) is 19.4. The van der Waals surface area contributed by atoms with E-state index in [2.05, 4.69) is 20.4 Å². The predicted octanol–water partition coefficient (Wildman–Crippen LogP) is 3.86. The van der Waals surface area contributed by atoms with Crippen LogP contribution in [0.15, 0.2) is 48.8 Å². The van der Waals surface area contributed by atoms with E-state index < -0.39 is 0 Å². The molecule has 3 aromatic rings. The zero-order chi connectivity index (χ0) is 24.1. The van der Waals surface area contributed by atoms with Gasteiger partial charge in [0.05, 0.1) is 25.6 Å². The van der Waals surface area contributed by atoms with Gasteiger partial charge in [-0.1, -0.05) is 12.1 Å². The SMILES string of the molecule is CNc1cc(F)c(-c2cn[nH]c2)cc1OCCCN(C)C.COc1ccccc1OCC=O. The molecule has 2 N–H and O–H groups in total. The van der Waals surface area contributed by atoms with Crippen molar-refractivity contribution in [2.75, 3.05) is 53.3 Å². The lowest BCUT2D eigenvalue weighted by Gasteiger charge is -2.14. The summed E-state index contributed by atoms with van der Waals surface area (Å²) in [7, 11) is 7.35. The minimum absolute atomic E-state index is 0.0559. The van der Waals surface area contributed by atoms with Gasteiger partial charge >= 0.3 is 0 Å². The molecule has 0 aliphatic heterocycles. The fourth-order valence-electron chi connectivity index (χ4n) is 2.91. The Bertz CT molecular complexity index is 981. The van der Waals surface area contributed by atoms with Crippen LogP contribution in [0, 0.1) is 5.82 Å². The highest BCUT2D eigenvalue weighted by molar-refractivity contribution is 5.70. The molecule has 0 amide bonds. The first-order valence-electron chi connectivity index (χ1n) is 10.5. The van der Waals surface area contributed by atoms with Gasteiger partial charge in [-0.25, -0.2) is 4.39 Å². The highest BCUT2D eigenvalue weighted by atomic mass is 19.1. The first kappa shape index (κ1) is 25.7. The third kappa shape index (κ3) is 8.12. The number of hydrogen-bond donors (Lipinski definition) is 2. The minimum atomic E-state index is -0.304. The summed E-state index contributed by atoms with van der Waals surface area (Å²) in [5.41, 5.74) is 1.82. The summed E-state index contributed by atoms with van der Waals surface area (Å²) in [5.74, 6) is 1.57. The molecule has 8 nitrogen and oxygen atoms in total. The van der Waals surface area contributed by atoms with Crippen molar-refractivity contribution in [3.63, 3.8) is 0 Å². The topological polar surface area (TPSA) is 88.7 Å². The second kappa shape index (κ2) is 13.7. The molecule has 1 heterocycles. The van der Waals surface area contributed by atoms with Crippen LogP contribution >= 0.6 is 0 Å². The van der Waals surface area contributed by atoms with Gasteiger partial charge in [-0.3, -0.25) is 9.89 Å². The number of ether oxygens (including phenoxy) is 3. The number of nitrogens with one attached hydrogen (secondary N) is 2. The Kier molecular flexibility index (Phi) is 10.7. The number of H-pyrrole nitrogens is 1. The van der Waals surface area contributed by atoms with Crippen LogP contribution in [0.4, 0.5) is 10.1 Å². The smallest absolute Gasteiger partial charge is 0.161 e. The summed E-state index contributed by atoms with van der Waals surface area (Å²) < 4.78 is 30.0. The summed E-state index contributed by atoms with van der Waals surface area (Å²) in [4.78, 5) is 12.1. The molecule has 0 spiro atoms. The van der Waals surface area contributed by atoms with Crippen LogP contribution < -0.4 is 19.5 Å². The van der Waals surface area contributed by atoms with Crippen molar-refractivity contribution in [3.8, 4) is 28.4 Å². The molecular weight excluding hydrogens is 427 g/mol. The third-order valence-electron chi connectivity index (χ3n) is 4.53. The number of carbonyl (C=O) groups excluding carboxylic acids is 1. The molecule has 0 radical (unpaired) electrons. The number of hydrogen-bond acceptors (Lipinski definition) is 7. The van der Waals surface area contributed by atoms with Crippen molar-refractivity contribution >= 4 is 12.0 Å². The first-order valence-corrected chi connectivity index (χ1v) is 10.5. The van der Waals surface area contributed by atoms with Crippen LogP contribution in [0.3, 0.4) is 0 Å². The molecule has 0 atom stereocenters. The number of methoxy groups -OCH3 is 1. The van der Waals surface area contributed by atoms with E-state index >= 15 is 0 Å². The number of benzene rings is 2. The van der Waals surface area contributed by atoms with Gasteiger partial charge in [0.15, 0.2) is 17.8 Å². The van der Waals surface area contributed by atoms with Gasteiger partial charge in [-0.2, -0.15) is 5.10 Å². The predicted molar refractivity (Wildman–Crippen MR) is 127 cm³/mol. The summed E-state index contributed by atoms with van der Waals surface area (Å²) in [6.07, 6.45) is 4.86. The number of rotatable bonds is 11. The zero-order valence-electron chi connectivity index (χ0n) is 19.4. The van der Waals surface area contributed by atoms with Crippen molar-refractivity contribution < 1.29 is 23.4 Å². The van der Waals surface area contributed by atoms with Crippen molar-refractivity contribution in [3.05, 3.63) is 54.6 Å². The highest BCUT2D eigenvalue weighted by Gasteiger charge is 2.12. The standard InChI is InChI=1S/C15H21FN4O.C9H10O3/c1-17-14-8-13(16)12(11-9-18-19-10-11)7-15(14)21-6-4-5-20(2)3;1-11-8-4-2-3-5-9(8)12-7-6-10/h7-10,17H,4-6H2,1-3H3,(H,18,19);2-6H,7H2,1H3. The molecule has 178 valence electrons. The second-order valence-corrected chi connectivity index (χ2v) is 7.20. The Morgan fingerprint density at radius 3 is 2.52 bits per heavy atom. The number of para-hydroxylation sites is 2. The number of halogens is 1. The van der Waals surface area contributed by atoms with E-state index in [0.29, 0.717) is 47.0 Å². The average molecular weight is 459 g/mol. The molecule has 0 unspecified atom stereocenters. The molecule has 0 fully saturated rings. The number of aldehydes is 1. The van der Waals surface area contributed by atoms with Gasteiger partial charge in [-0.15, -0.1) is 0 Å². The Labute approximate surface area is 193 Å². The normalized spacial score (nSPS) is 10.2. The molecule has 0 bridgehead atoms. The Morgan fingerprint density at radius 1 is 1.15 bits per heavy atom. The maximum absolute atomic E-state index is 14.1. The van der Waals surface area contributed by atoms with Crippen LogP contribution in [0.2, 0.25) is 0 Å². The van der Waals surface area contributed by atoms with Crippen molar-refractivity contribution in [2.45, 2.75) is 6.42 Å². The van der Waals surface area contributed by atoms with Gasteiger partial charge in [0.1, 0.15) is 18.2 Å². The highest BCUT2D eigenvalue weighted by Crippen LogP contribution is 2.33. The summed E-state index contributed by atoms with van der Waals surface area (Å²) in [5, 5.41) is 9.50. The number of anilines is 1. The molecular formula is C24H31FN4O4. The van der Waals surface area contributed by atoms with E-state index in [1.54, 1.807) is 44.8 Å². The lowest BCUT2D eigenvalue weighted by molar-refractivity contribution is -0.109. The Balaban J connectivity index is 0.000000273. The van der Waals surface area contributed by atoms with Crippen LogP contribution in [0.25, 0.3) is 11.1 Å².